The van der Waals surface area contributed by atoms with Gasteiger partial charge in [-0.1, -0.05) is 6.92 Å². The number of nitrogens with zero attached hydrogens (tertiary/aromatic N) is 4. The molecule has 1 saturated carbocycles. The second-order valence-corrected chi connectivity index (χ2v) is 5.48. The summed E-state index contributed by atoms with van der Waals surface area (Å²) in [6.45, 7) is 8.20. The van der Waals surface area contributed by atoms with E-state index >= 15 is 0 Å². The summed E-state index contributed by atoms with van der Waals surface area (Å²) in [5.74, 6) is 0.632. The van der Waals surface area contributed by atoms with E-state index in [1.165, 1.54) is 19.3 Å². The predicted octanol–water partition coefficient (Wildman–Crippen LogP) is 2.33. The molecule has 0 saturated heterocycles. The number of aromatic nitrogens is 4. The number of hydrogen-bond donors (Lipinski definition) is 1. The van der Waals surface area contributed by atoms with Crippen LogP contribution in [0.4, 0.5) is 5.95 Å². The van der Waals surface area contributed by atoms with Crippen LogP contribution in [0, 0.1) is 12.3 Å². The minimum atomic E-state index is 0.457. The third-order valence-corrected chi connectivity index (χ3v) is 4.33. The topological polar surface area (TPSA) is 61.7 Å². The lowest BCUT2D eigenvalue weighted by molar-refractivity contribution is 0.413. The summed E-state index contributed by atoms with van der Waals surface area (Å²) in [4.78, 5) is 4.48. The molecule has 98 valence electrons. The van der Waals surface area contributed by atoms with Crippen molar-refractivity contribution in [2.75, 3.05) is 5.73 Å². The number of nitrogen functional groups attached to an aromatic ring is 1. The van der Waals surface area contributed by atoms with Crippen LogP contribution in [0.5, 0.6) is 0 Å². The third kappa shape index (κ3) is 1.53. The van der Waals surface area contributed by atoms with Crippen LogP contribution in [0.2, 0.25) is 0 Å². The van der Waals surface area contributed by atoms with Crippen LogP contribution in [-0.2, 0) is 13.1 Å². The Morgan fingerprint density at radius 1 is 1.33 bits per heavy atom. The minimum absolute atomic E-state index is 0.457. The molecule has 0 atom stereocenters. The first-order valence-electron chi connectivity index (χ1n) is 6.79. The Bertz CT molecular complexity index is 588. The van der Waals surface area contributed by atoms with E-state index in [1.807, 2.05) is 11.6 Å². The summed E-state index contributed by atoms with van der Waals surface area (Å²) in [6.07, 6.45) is 3.83. The maximum absolute atomic E-state index is 6.09. The quantitative estimate of drug-likeness (QED) is 0.902. The predicted molar refractivity (Wildman–Crippen MR) is 72.3 cm³/mol. The lowest BCUT2D eigenvalue weighted by Gasteiger charge is -2.15. The van der Waals surface area contributed by atoms with Gasteiger partial charge in [0.2, 0.25) is 5.95 Å². The molecule has 0 bridgehead atoms. The molecule has 1 aliphatic carbocycles. The third-order valence-electron chi connectivity index (χ3n) is 4.33. The van der Waals surface area contributed by atoms with E-state index < -0.39 is 0 Å². The molecular formula is C13H21N5. The SMILES string of the molecule is CCn1nc(C)c2nc(N)n(CC3(CC)CC3)c21. The monoisotopic (exact) mass is 247 g/mol. The molecule has 2 heterocycles. The van der Waals surface area contributed by atoms with Crippen LogP contribution in [0.15, 0.2) is 0 Å². The molecule has 2 N–H and O–H groups in total. The van der Waals surface area contributed by atoms with Gasteiger partial charge in [0, 0.05) is 13.1 Å². The second kappa shape index (κ2) is 3.73. The summed E-state index contributed by atoms with van der Waals surface area (Å²) >= 11 is 0. The number of rotatable bonds is 4. The van der Waals surface area contributed by atoms with E-state index in [0.717, 1.165) is 29.9 Å². The molecule has 0 aliphatic heterocycles. The van der Waals surface area contributed by atoms with Crippen molar-refractivity contribution in [3.05, 3.63) is 5.69 Å². The molecule has 0 unspecified atom stereocenters. The average molecular weight is 247 g/mol. The highest BCUT2D eigenvalue weighted by atomic mass is 15.4. The van der Waals surface area contributed by atoms with E-state index in [0.29, 0.717) is 11.4 Å². The van der Waals surface area contributed by atoms with Gasteiger partial charge < -0.3 is 5.73 Å². The Morgan fingerprint density at radius 2 is 2.06 bits per heavy atom. The van der Waals surface area contributed by atoms with Gasteiger partial charge in [-0.25, -0.2) is 9.67 Å². The molecule has 5 heteroatoms. The van der Waals surface area contributed by atoms with Crippen molar-refractivity contribution in [3.8, 4) is 0 Å². The van der Waals surface area contributed by atoms with Crippen LogP contribution < -0.4 is 5.73 Å². The molecular weight excluding hydrogens is 226 g/mol. The van der Waals surface area contributed by atoms with Gasteiger partial charge in [-0.05, 0) is 38.5 Å². The van der Waals surface area contributed by atoms with E-state index in [9.17, 15) is 0 Å². The Labute approximate surface area is 107 Å². The zero-order chi connectivity index (χ0) is 12.9. The fourth-order valence-corrected chi connectivity index (χ4v) is 2.75. The van der Waals surface area contributed by atoms with Crippen molar-refractivity contribution >= 4 is 17.1 Å². The molecule has 1 fully saturated rings. The fourth-order valence-electron chi connectivity index (χ4n) is 2.75. The molecule has 2 aromatic rings. The number of nitrogens with two attached hydrogens (primary N) is 1. The normalized spacial score (nSPS) is 17.5. The maximum atomic E-state index is 6.09. The van der Waals surface area contributed by atoms with E-state index in [-0.39, 0.29) is 0 Å². The molecule has 0 aromatic carbocycles. The van der Waals surface area contributed by atoms with Gasteiger partial charge in [0.25, 0.3) is 0 Å². The number of imidazole rings is 1. The van der Waals surface area contributed by atoms with Gasteiger partial charge in [-0.15, -0.1) is 0 Å². The first-order chi connectivity index (χ1) is 8.60. The number of aryl methyl sites for hydroxylation is 2. The van der Waals surface area contributed by atoms with E-state index in [2.05, 4.69) is 28.5 Å². The molecule has 18 heavy (non-hydrogen) atoms. The van der Waals surface area contributed by atoms with Crippen molar-refractivity contribution < 1.29 is 0 Å². The highest BCUT2D eigenvalue weighted by Gasteiger charge is 2.41. The Hall–Kier alpha value is -1.52. The van der Waals surface area contributed by atoms with Crippen molar-refractivity contribution in [1.82, 2.24) is 19.3 Å². The fraction of sp³-hybridized carbons (Fsp3) is 0.692. The number of hydrogen-bond acceptors (Lipinski definition) is 3. The van der Waals surface area contributed by atoms with Crippen LogP contribution in [0.1, 0.15) is 38.8 Å². The standard InChI is InChI=1S/C13H21N5/c1-4-13(6-7-13)8-17-11-10(15-12(17)14)9(3)16-18(11)5-2/h4-8H2,1-3H3,(H2,14,15). The van der Waals surface area contributed by atoms with E-state index in [4.69, 9.17) is 5.73 Å². The average Bonchev–Trinajstić information content (AvgIpc) is 2.98. The van der Waals surface area contributed by atoms with Gasteiger partial charge in [0.1, 0.15) is 5.52 Å². The lowest BCUT2D eigenvalue weighted by Crippen LogP contribution is -2.15. The van der Waals surface area contributed by atoms with Gasteiger partial charge >= 0.3 is 0 Å². The van der Waals surface area contributed by atoms with Crippen LogP contribution in [0.25, 0.3) is 11.2 Å². The summed E-state index contributed by atoms with van der Waals surface area (Å²) in [7, 11) is 0. The summed E-state index contributed by atoms with van der Waals surface area (Å²) in [5.41, 5.74) is 9.57. The molecule has 1 aliphatic rings. The first-order valence-corrected chi connectivity index (χ1v) is 6.79. The molecule has 2 aromatic heterocycles. The van der Waals surface area contributed by atoms with E-state index in [1.54, 1.807) is 0 Å². The second-order valence-electron chi connectivity index (χ2n) is 5.48. The van der Waals surface area contributed by atoms with Crippen LogP contribution in [0.3, 0.4) is 0 Å². The minimum Gasteiger partial charge on any atom is -0.369 e. The van der Waals surface area contributed by atoms with Gasteiger partial charge in [-0.2, -0.15) is 5.10 Å². The Balaban J connectivity index is 2.12. The summed E-state index contributed by atoms with van der Waals surface area (Å²) in [5, 5.41) is 4.52. The summed E-state index contributed by atoms with van der Waals surface area (Å²) in [6, 6.07) is 0. The smallest absolute Gasteiger partial charge is 0.202 e. The highest BCUT2D eigenvalue weighted by molar-refractivity contribution is 5.77. The van der Waals surface area contributed by atoms with Crippen molar-refractivity contribution in [3.63, 3.8) is 0 Å². The zero-order valence-corrected chi connectivity index (χ0v) is 11.4. The molecule has 0 radical (unpaired) electrons. The van der Waals surface area contributed by atoms with Crippen molar-refractivity contribution in [2.45, 2.75) is 53.1 Å². The number of anilines is 1. The van der Waals surface area contributed by atoms with Crippen molar-refractivity contribution in [1.29, 1.82) is 0 Å². The molecule has 0 spiro atoms. The highest BCUT2D eigenvalue weighted by Crippen LogP contribution is 2.50. The van der Waals surface area contributed by atoms with Gasteiger partial charge in [-0.3, -0.25) is 4.57 Å². The number of fused-ring (bicyclic) bond motifs is 1. The lowest BCUT2D eigenvalue weighted by atomic mass is 10.0. The maximum Gasteiger partial charge on any atom is 0.202 e. The molecule has 0 amide bonds. The van der Waals surface area contributed by atoms with Crippen molar-refractivity contribution in [2.24, 2.45) is 5.41 Å². The van der Waals surface area contributed by atoms with Gasteiger partial charge in [0.15, 0.2) is 5.65 Å². The largest absolute Gasteiger partial charge is 0.369 e. The molecule has 5 nitrogen and oxygen atoms in total. The Morgan fingerprint density at radius 3 is 2.61 bits per heavy atom. The zero-order valence-electron chi connectivity index (χ0n) is 11.4. The van der Waals surface area contributed by atoms with Gasteiger partial charge in [0.05, 0.1) is 5.69 Å². The summed E-state index contributed by atoms with van der Waals surface area (Å²) < 4.78 is 4.18. The Kier molecular flexibility index (Phi) is 2.40. The molecule has 3 rings (SSSR count). The van der Waals surface area contributed by atoms with Crippen LogP contribution >= 0.6 is 0 Å². The van der Waals surface area contributed by atoms with Crippen LogP contribution in [-0.4, -0.2) is 19.3 Å². The first kappa shape index (κ1) is 11.6.